The number of aliphatic hydroxyl groups excluding tert-OH is 1. The molecule has 4 heterocycles. The van der Waals surface area contributed by atoms with Gasteiger partial charge in [0.1, 0.15) is 10.2 Å². The summed E-state index contributed by atoms with van der Waals surface area (Å²) in [5.74, 6) is -0.238. The quantitative estimate of drug-likeness (QED) is 0.498. The second-order valence-electron chi connectivity index (χ2n) is 7.86. The van der Waals surface area contributed by atoms with Crippen LogP contribution in [0.25, 0.3) is 22.2 Å². The van der Waals surface area contributed by atoms with E-state index in [0.29, 0.717) is 39.3 Å². The van der Waals surface area contributed by atoms with Crippen LogP contribution in [0.1, 0.15) is 34.6 Å². The third kappa shape index (κ3) is 2.80. The summed E-state index contributed by atoms with van der Waals surface area (Å²) in [6.07, 6.45) is 0.556. The Hall–Kier alpha value is -3.19. The van der Waals surface area contributed by atoms with Crippen LogP contribution in [0.2, 0.25) is 5.15 Å². The van der Waals surface area contributed by atoms with Crippen LogP contribution in [-0.2, 0) is 14.1 Å². The summed E-state index contributed by atoms with van der Waals surface area (Å²) in [6.45, 7) is -0.150. The van der Waals surface area contributed by atoms with E-state index in [0.717, 1.165) is 15.3 Å². The fourth-order valence-corrected chi connectivity index (χ4v) is 5.80. The molecule has 5 rings (SSSR count). The number of rotatable bonds is 3. The van der Waals surface area contributed by atoms with Crippen LogP contribution in [0.3, 0.4) is 0 Å². The summed E-state index contributed by atoms with van der Waals surface area (Å²) in [5, 5.41) is 22.9. The maximum atomic E-state index is 13.4. The van der Waals surface area contributed by atoms with E-state index in [1.807, 2.05) is 10.6 Å². The first-order valence-corrected chi connectivity index (χ1v) is 11.2. The summed E-state index contributed by atoms with van der Waals surface area (Å²) < 4.78 is 4.50. The Balaban J connectivity index is 1.98. The van der Waals surface area contributed by atoms with Crippen LogP contribution in [0.15, 0.2) is 39.2 Å². The summed E-state index contributed by atoms with van der Waals surface area (Å²) in [5.41, 5.74) is 2.13. The highest BCUT2D eigenvalue weighted by Gasteiger charge is 2.40. The lowest BCUT2D eigenvalue weighted by Gasteiger charge is -2.15. The minimum Gasteiger partial charge on any atom is -0.394 e. The van der Waals surface area contributed by atoms with Gasteiger partial charge >= 0.3 is 5.69 Å². The second-order valence-corrected chi connectivity index (χ2v) is 9.14. The molecule has 0 bridgehead atoms. The molecule has 0 spiro atoms. The van der Waals surface area contributed by atoms with Crippen LogP contribution < -0.4 is 11.2 Å². The van der Waals surface area contributed by atoms with Gasteiger partial charge in [0.15, 0.2) is 0 Å². The van der Waals surface area contributed by atoms with Crippen molar-refractivity contribution >= 4 is 33.8 Å². The number of nitrogens with zero attached hydrogens (tertiary/aromatic N) is 5. The molecule has 0 saturated heterocycles. The van der Waals surface area contributed by atoms with Crippen molar-refractivity contribution in [3.8, 4) is 17.3 Å². The molecule has 32 heavy (non-hydrogen) atoms. The van der Waals surface area contributed by atoms with Crippen molar-refractivity contribution in [1.29, 1.82) is 5.26 Å². The van der Waals surface area contributed by atoms with E-state index in [1.165, 1.54) is 23.0 Å². The molecular weight excluding hydrogens is 450 g/mol. The first-order chi connectivity index (χ1) is 15.4. The standard InChI is InChI=1S/C22H18ClN5O3S/c1-26-19-16(21(30)27(2)22(26)31)17(12-5-3-4-11(6-12)8-24)28-13(9-29)7-14(18(19)28)20-25-15(23)10-32-20/h3-6,10,13-14,29H,7,9H2,1-2H3/t13-,14-/m1/s1. The normalized spacial score (nSPS) is 17.6. The Morgan fingerprint density at radius 2 is 2.09 bits per heavy atom. The Bertz CT molecular complexity index is 1550. The number of aryl methyl sites for hydroxylation is 1. The number of aliphatic hydroxyl groups is 1. The van der Waals surface area contributed by atoms with E-state index in [4.69, 9.17) is 11.6 Å². The van der Waals surface area contributed by atoms with Crippen LogP contribution in [0.5, 0.6) is 0 Å². The number of hydrogen-bond acceptors (Lipinski definition) is 6. The molecule has 1 aromatic carbocycles. The van der Waals surface area contributed by atoms with E-state index in [-0.39, 0.29) is 18.6 Å². The summed E-state index contributed by atoms with van der Waals surface area (Å²) in [4.78, 5) is 30.7. The largest absolute Gasteiger partial charge is 0.394 e. The number of fused-ring (bicyclic) bond motifs is 3. The number of halogens is 1. The first-order valence-electron chi connectivity index (χ1n) is 9.93. The van der Waals surface area contributed by atoms with Gasteiger partial charge in [-0.2, -0.15) is 5.26 Å². The van der Waals surface area contributed by atoms with E-state index in [2.05, 4.69) is 11.1 Å². The van der Waals surface area contributed by atoms with Crippen molar-refractivity contribution in [3.05, 3.63) is 71.9 Å². The molecule has 0 unspecified atom stereocenters. The molecule has 4 aromatic rings. The molecule has 0 radical (unpaired) electrons. The number of benzene rings is 1. The summed E-state index contributed by atoms with van der Waals surface area (Å²) in [7, 11) is 3.09. The third-order valence-corrected chi connectivity index (χ3v) is 7.40. The smallest absolute Gasteiger partial charge is 0.331 e. The third-order valence-electron chi connectivity index (χ3n) is 6.12. The molecule has 3 aromatic heterocycles. The van der Waals surface area contributed by atoms with Crippen LogP contribution in [0, 0.1) is 11.3 Å². The van der Waals surface area contributed by atoms with E-state index in [1.54, 1.807) is 30.6 Å². The van der Waals surface area contributed by atoms with Crippen molar-refractivity contribution in [2.24, 2.45) is 14.1 Å². The van der Waals surface area contributed by atoms with Gasteiger partial charge in [-0.15, -0.1) is 11.3 Å². The molecule has 162 valence electrons. The molecule has 0 amide bonds. The average molecular weight is 468 g/mol. The SMILES string of the molecule is Cn1c(=O)c2c(-c3cccc(C#N)c3)n3c(c2n(C)c1=O)[C@H](c1nc(Cl)cs1)C[C@@H]3CO. The number of hydrogen-bond donors (Lipinski definition) is 1. The van der Waals surface area contributed by atoms with Gasteiger partial charge in [0, 0.05) is 25.0 Å². The van der Waals surface area contributed by atoms with Crippen molar-refractivity contribution in [1.82, 2.24) is 18.7 Å². The minimum absolute atomic E-state index is 0.150. The predicted molar refractivity (Wildman–Crippen MR) is 122 cm³/mol. The first kappa shape index (κ1) is 20.7. The van der Waals surface area contributed by atoms with E-state index in [9.17, 15) is 20.0 Å². The Morgan fingerprint density at radius 1 is 1.31 bits per heavy atom. The molecule has 2 atom stereocenters. The molecule has 0 fully saturated rings. The van der Waals surface area contributed by atoms with Gasteiger partial charge in [-0.3, -0.25) is 13.9 Å². The van der Waals surface area contributed by atoms with Gasteiger partial charge < -0.3 is 9.67 Å². The van der Waals surface area contributed by atoms with Gasteiger partial charge in [-0.05, 0) is 18.6 Å². The van der Waals surface area contributed by atoms with Gasteiger partial charge in [0.2, 0.25) is 0 Å². The van der Waals surface area contributed by atoms with Crippen LogP contribution >= 0.6 is 22.9 Å². The van der Waals surface area contributed by atoms with Crippen molar-refractivity contribution in [3.63, 3.8) is 0 Å². The molecule has 10 heteroatoms. The molecule has 0 saturated carbocycles. The Labute approximate surface area is 191 Å². The Morgan fingerprint density at radius 3 is 2.75 bits per heavy atom. The highest BCUT2D eigenvalue weighted by Crippen LogP contribution is 2.49. The maximum absolute atomic E-state index is 13.4. The lowest BCUT2D eigenvalue weighted by atomic mass is 9.99. The fraction of sp³-hybridized carbons (Fsp3) is 0.273. The maximum Gasteiger partial charge on any atom is 0.331 e. The number of aromatic nitrogens is 4. The highest BCUT2D eigenvalue weighted by atomic mass is 35.5. The van der Waals surface area contributed by atoms with Gasteiger partial charge in [0.25, 0.3) is 5.56 Å². The second kappa shape index (κ2) is 7.45. The number of nitriles is 1. The van der Waals surface area contributed by atoms with Gasteiger partial charge in [0.05, 0.1) is 52.5 Å². The highest BCUT2D eigenvalue weighted by molar-refractivity contribution is 7.10. The topological polar surface area (TPSA) is 106 Å². The lowest BCUT2D eigenvalue weighted by Crippen LogP contribution is -2.37. The lowest BCUT2D eigenvalue weighted by molar-refractivity contribution is 0.232. The molecule has 1 N–H and O–H groups in total. The average Bonchev–Trinajstić information content (AvgIpc) is 3.48. The minimum atomic E-state index is -0.434. The van der Waals surface area contributed by atoms with Crippen LogP contribution in [0.4, 0.5) is 0 Å². The molecular formula is C22H18ClN5O3S. The Kier molecular flexibility index (Phi) is 4.82. The van der Waals surface area contributed by atoms with Crippen molar-refractivity contribution in [2.75, 3.05) is 6.61 Å². The van der Waals surface area contributed by atoms with Crippen LogP contribution in [-0.4, -0.2) is 30.4 Å². The zero-order valence-electron chi connectivity index (χ0n) is 17.2. The summed E-state index contributed by atoms with van der Waals surface area (Å²) in [6, 6.07) is 8.80. The van der Waals surface area contributed by atoms with Gasteiger partial charge in [-0.25, -0.2) is 9.78 Å². The zero-order valence-corrected chi connectivity index (χ0v) is 18.8. The van der Waals surface area contributed by atoms with E-state index >= 15 is 0 Å². The predicted octanol–water partition coefficient (Wildman–Crippen LogP) is 2.76. The zero-order chi connectivity index (χ0) is 22.7. The van der Waals surface area contributed by atoms with Crippen molar-refractivity contribution < 1.29 is 5.11 Å². The monoisotopic (exact) mass is 467 g/mol. The number of thiazole rings is 1. The van der Waals surface area contributed by atoms with Gasteiger partial charge in [-0.1, -0.05) is 23.7 Å². The molecule has 0 aliphatic carbocycles. The summed E-state index contributed by atoms with van der Waals surface area (Å²) >= 11 is 7.50. The molecule has 1 aliphatic heterocycles. The van der Waals surface area contributed by atoms with E-state index < -0.39 is 11.2 Å². The van der Waals surface area contributed by atoms with Crippen molar-refractivity contribution in [2.45, 2.75) is 18.4 Å². The molecule has 1 aliphatic rings. The fourth-order valence-electron chi connectivity index (χ4n) is 4.73. The molecule has 8 nitrogen and oxygen atoms in total.